The first-order valence-corrected chi connectivity index (χ1v) is 7.93. The van der Waals surface area contributed by atoms with Crippen LogP contribution < -0.4 is 5.32 Å². The van der Waals surface area contributed by atoms with Gasteiger partial charge in [0.2, 0.25) is 5.91 Å². The minimum atomic E-state index is 0.0184. The van der Waals surface area contributed by atoms with Crippen molar-refractivity contribution in [2.45, 2.75) is 19.3 Å². The van der Waals surface area contributed by atoms with Crippen LogP contribution >= 0.6 is 15.9 Å². The normalized spacial score (nSPS) is 18.0. The predicted octanol–water partition coefficient (Wildman–Crippen LogP) is 3.75. The number of fused-ring (bicyclic) bond motifs is 1. The molecule has 1 saturated heterocycles. The molecule has 21 heavy (non-hydrogen) atoms. The highest BCUT2D eigenvalue weighted by atomic mass is 79.9. The van der Waals surface area contributed by atoms with E-state index in [1.807, 2.05) is 24.3 Å². The lowest BCUT2D eigenvalue weighted by Crippen LogP contribution is -2.14. The number of carbonyl (C=O) groups is 1. The number of pyridine rings is 1. The number of halogens is 1. The molecule has 110 valence electrons. The van der Waals surface area contributed by atoms with Gasteiger partial charge in [-0.15, -0.1) is 0 Å². The molecule has 0 radical (unpaired) electrons. The number of ether oxygens (including phenoxy) is 1. The van der Waals surface area contributed by atoms with E-state index in [9.17, 15) is 4.79 Å². The first-order chi connectivity index (χ1) is 10.2. The fourth-order valence-electron chi connectivity index (χ4n) is 2.59. The summed E-state index contributed by atoms with van der Waals surface area (Å²) in [6.07, 6.45) is 4.17. The van der Waals surface area contributed by atoms with Crippen LogP contribution in [0.2, 0.25) is 0 Å². The topological polar surface area (TPSA) is 51.2 Å². The summed E-state index contributed by atoms with van der Waals surface area (Å²) < 4.78 is 6.34. The van der Waals surface area contributed by atoms with Crippen LogP contribution in [0.15, 0.2) is 34.9 Å². The summed E-state index contributed by atoms with van der Waals surface area (Å²) >= 11 is 3.45. The number of amides is 1. The molecule has 1 N–H and O–H groups in total. The molecular formula is C16H17BrN2O2. The van der Waals surface area contributed by atoms with Gasteiger partial charge in [-0.25, -0.2) is 4.98 Å². The third-order valence-corrected chi connectivity index (χ3v) is 4.28. The number of hydrogen-bond acceptors (Lipinski definition) is 3. The summed E-state index contributed by atoms with van der Waals surface area (Å²) in [5.74, 6) is 1.17. The summed E-state index contributed by atoms with van der Waals surface area (Å²) in [5.41, 5.74) is 0. The van der Waals surface area contributed by atoms with Crippen LogP contribution in [0.1, 0.15) is 19.3 Å². The van der Waals surface area contributed by atoms with Gasteiger partial charge >= 0.3 is 0 Å². The maximum Gasteiger partial charge on any atom is 0.225 e. The van der Waals surface area contributed by atoms with E-state index < -0.39 is 0 Å². The molecule has 1 aromatic carbocycles. The van der Waals surface area contributed by atoms with Crippen molar-refractivity contribution < 1.29 is 9.53 Å². The standard InChI is InChI=1S/C16H17BrN2O2/c17-13-2-3-14-12(9-13)5-7-18-16(14)19-15(20)4-1-11-6-8-21-10-11/h2-3,5,7,9,11H,1,4,6,8,10H2,(H,18,19,20). The Labute approximate surface area is 132 Å². The second-order valence-corrected chi connectivity index (χ2v) is 6.26. The fraction of sp³-hybridized carbons (Fsp3) is 0.375. The Morgan fingerprint density at radius 1 is 1.43 bits per heavy atom. The zero-order valence-corrected chi connectivity index (χ0v) is 13.2. The van der Waals surface area contributed by atoms with Gasteiger partial charge in [-0.2, -0.15) is 0 Å². The van der Waals surface area contributed by atoms with Gasteiger partial charge in [-0.05, 0) is 48.4 Å². The molecule has 5 heteroatoms. The average Bonchev–Trinajstić information content (AvgIpc) is 2.98. The Morgan fingerprint density at radius 2 is 2.33 bits per heavy atom. The van der Waals surface area contributed by atoms with Crippen LogP contribution in [0, 0.1) is 5.92 Å². The second-order valence-electron chi connectivity index (χ2n) is 5.34. The van der Waals surface area contributed by atoms with Crippen molar-refractivity contribution in [2.75, 3.05) is 18.5 Å². The Morgan fingerprint density at radius 3 is 3.14 bits per heavy atom. The number of hydrogen-bond donors (Lipinski definition) is 1. The van der Waals surface area contributed by atoms with Crippen LogP contribution in [0.5, 0.6) is 0 Å². The third kappa shape index (κ3) is 3.60. The fourth-order valence-corrected chi connectivity index (χ4v) is 2.97. The van der Waals surface area contributed by atoms with E-state index >= 15 is 0 Å². The van der Waals surface area contributed by atoms with Crippen LogP contribution in [0.3, 0.4) is 0 Å². The first-order valence-electron chi connectivity index (χ1n) is 7.14. The average molecular weight is 349 g/mol. The zero-order chi connectivity index (χ0) is 14.7. The van der Waals surface area contributed by atoms with E-state index in [-0.39, 0.29) is 5.91 Å². The smallest absolute Gasteiger partial charge is 0.225 e. The molecule has 0 bridgehead atoms. The molecule has 1 amide bonds. The summed E-state index contributed by atoms with van der Waals surface area (Å²) in [4.78, 5) is 16.4. The lowest BCUT2D eigenvalue weighted by Gasteiger charge is -2.09. The Kier molecular flexibility index (Phi) is 4.51. The summed E-state index contributed by atoms with van der Waals surface area (Å²) in [7, 11) is 0. The van der Waals surface area contributed by atoms with Gasteiger partial charge in [0.05, 0.1) is 0 Å². The van der Waals surface area contributed by atoms with Crippen molar-refractivity contribution >= 4 is 38.4 Å². The van der Waals surface area contributed by atoms with Crippen LogP contribution in [-0.2, 0) is 9.53 Å². The van der Waals surface area contributed by atoms with Crippen molar-refractivity contribution in [3.05, 3.63) is 34.9 Å². The Balaban J connectivity index is 1.67. The van der Waals surface area contributed by atoms with Gasteiger partial charge in [0, 0.05) is 35.7 Å². The van der Waals surface area contributed by atoms with Gasteiger partial charge in [0.25, 0.3) is 0 Å². The van der Waals surface area contributed by atoms with E-state index in [1.165, 1.54) is 0 Å². The van der Waals surface area contributed by atoms with Crippen LogP contribution in [0.25, 0.3) is 10.8 Å². The predicted molar refractivity (Wildman–Crippen MR) is 86.2 cm³/mol. The van der Waals surface area contributed by atoms with Gasteiger partial charge < -0.3 is 10.1 Å². The van der Waals surface area contributed by atoms with E-state index in [0.717, 1.165) is 41.3 Å². The van der Waals surface area contributed by atoms with Crippen LogP contribution in [-0.4, -0.2) is 24.1 Å². The molecular weight excluding hydrogens is 332 g/mol. The third-order valence-electron chi connectivity index (χ3n) is 3.79. The van der Waals surface area contributed by atoms with E-state index in [1.54, 1.807) is 6.20 Å². The number of rotatable bonds is 4. The highest BCUT2D eigenvalue weighted by Crippen LogP contribution is 2.25. The molecule has 3 rings (SSSR count). The SMILES string of the molecule is O=C(CCC1CCOC1)Nc1nccc2cc(Br)ccc12. The van der Waals surface area contributed by atoms with Gasteiger partial charge in [-0.1, -0.05) is 15.9 Å². The highest BCUT2D eigenvalue weighted by Gasteiger charge is 2.17. The maximum atomic E-state index is 12.1. The molecule has 2 heterocycles. The van der Waals surface area contributed by atoms with E-state index in [0.29, 0.717) is 18.2 Å². The molecule has 2 aromatic rings. The second kappa shape index (κ2) is 6.54. The highest BCUT2D eigenvalue weighted by molar-refractivity contribution is 9.10. The molecule has 1 aromatic heterocycles. The van der Waals surface area contributed by atoms with Crippen molar-refractivity contribution in [1.29, 1.82) is 0 Å². The van der Waals surface area contributed by atoms with Crippen molar-refractivity contribution in [3.8, 4) is 0 Å². The van der Waals surface area contributed by atoms with Gasteiger partial charge in [0.1, 0.15) is 5.82 Å². The van der Waals surface area contributed by atoms with E-state index in [4.69, 9.17) is 4.74 Å². The Hall–Kier alpha value is -1.46. The van der Waals surface area contributed by atoms with Crippen molar-refractivity contribution in [1.82, 2.24) is 4.98 Å². The van der Waals surface area contributed by atoms with Gasteiger partial charge in [0.15, 0.2) is 0 Å². The molecule has 1 aliphatic heterocycles. The Bertz CT molecular complexity index is 654. The first kappa shape index (κ1) is 14.5. The van der Waals surface area contributed by atoms with Gasteiger partial charge in [-0.3, -0.25) is 4.79 Å². The molecule has 1 fully saturated rings. The number of nitrogens with zero attached hydrogens (tertiary/aromatic N) is 1. The monoisotopic (exact) mass is 348 g/mol. The number of aromatic nitrogens is 1. The molecule has 0 aliphatic carbocycles. The minimum absolute atomic E-state index is 0.0184. The van der Waals surface area contributed by atoms with E-state index in [2.05, 4.69) is 26.2 Å². The molecule has 1 unspecified atom stereocenters. The zero-order valence-electron chi connectivity index (χ0n) is 11.6. The number of anilines is 1. The van der Waals surface area contributed by atoms with Crippen molar-refractivity contribution in [2.24, 2.45) is 5.92 Å². The lowest BCUT2D eigenvalue weighted by molar-refractivity contribution is -0.116. The number of carbonyl (C=O) groups excluding carboxylic acids is 1. The molecule has 4 nitrogen and oxygen atoms in total. The van der Waals surface area contributed by atoms with Crippen molar-refractivity contribution in [3.63, 3.8) is 0 Å². The molecule has 0 spiro atoms. The van der Waals surface area contributed by atoms with Crippen LogP contribution in [0.4, 0.5) is 5.82 Å². The lowest BCUT2D eigenvalue weighted by atomic mass is 10.0. The summed E-state index contributed by atoms with van der Waals surface area (Å²) in [5, 5.41) is 4.93. The molecule has 0 saturated carbocycles. The number of nitrogens with one attached hydrogen (secondary N) is 1. The maximum absolute atomic E-state index is 12.1. The quantitative estimate of drug-likeness (QED) is 0.915. The summed E-state index contributed by atoms with van der Waals surface area (Å²) in [6.45, 7) is 1.61. The number of benzene rings is 1. The minimum Gasteiger partial charge on any atom is -0.381 e. The molecule has 1 aliphatic rings. The molecule has 1 atom stereocenters. The largest absolute Gasteiger partial charge is 0.381 e. The summed E-state index contributed by atoms with van der Waals surface area (Å²) in [6, 6.07) is 7.87.